The van der Waals surface area contributed by atoms with E-state index in [9.17, 15) is 0 Å². The van der Waals surface area contributed by atoms with E-state index in [2.05, 4.69) is 54.2 Å². The van der Waals surface area contributed by atoms with Gasteiger partial charge >= 0.3 is 0 Å². The molecule has 0 aliphatic rings. The Morgan fingerprint density at radius 3 is 2.62 bits per heavy atom. The van der Waals surface area contributed by atoms with Crippen LogP contribution < -0.4 is 0 Å². The molecule has 0 amide bonds. The minimum atomic E-state index is 0.646. The van der Waals surface area contributed by atoms with Crippen molar-refractivity contribution in [3.05, 3.63) is 25.6 Å². The normalized spacial score (nSPS) is 9.54. The van der Waals surface area contributed by atoms with Crippen LogP contribution in [0.3, 0.4) is 0 Å². The molecule has 0 heterocycles. The lowest BCUT2D eigenvalue weighted by Gasteiger charge is -2.05. The number of halogens is 3. The first kappa shape index (κ1) is 11.3. The molecule has 0 radical (unpaired) electrons. The summed E-state index contributed by atoms with van der Waals surface area (Å²) in [6.45, 7) is 1.88. The predicted octanol–water partition coefficient (Wildman–Crippen LogP) is 4.91. The van der Waals surface area contributed by atoms with Crippen molar-refractivity contribution in [2.24, 2.45) is 4.99 Å². The molecule has 13 heavy (non-hydrogen) atoms. The Balaban J connectivity index is 3.52. The van der Waals surface area contributed by atoms with Crippen LogP contribution in [0.5, 0.6) is 0 Å². The molecule has 68 valence electrons. The maximum absolute atomic E-state index is 6.00. The largest absolute Gasteiger partial charge is 0.193 e. The molecule has 1 aromatic rings. The third-order valence-electron chi connectivity index (χ3n) is 1.53. The summed E-state index contributed by atoms with van der Waals surface area (Å²) in [6, 6.07) is 1.83. The Hall–Kier alpha value is 0.270. The van der Waals surface area contributed by atoms with Crippen LogP contribution in [-0.2, 0) is 0 Å². The summed E-state index contributed by atoms with van der Waals surface area (Å²) in [4.78, 5) is 3.92. The number of aliphatic imine (C=N–C) groups is 1. The van der Waals surface area contributed by atoms with E-state index in [0.29, 0.717) is 5.02 Å². The van der Waals surface area contributed by atoms with Gasteiger partial charge in [0.1, 0.15) is 0 Å². The average molecular weight is 341 g/mol. The van der Waals surface area contributed by atoms with Crippen molar-refractivity contribution < 1.29 is 0 Å². The maximum atomic E-state index is 6.00. The standard InChI is InChI=1S/C8H4Br2ClNS/c1-4-7(11)5(9)2-6(10)8(4)12-3-13/h2H,1H3. The molecule has 5 heteroatoms. The molecule has 0 N–H and O–H groups in total. The molecule has 0 aliphatic heterocycles. The highest BCUT2D eigenvalue weighted by Crippen LogP contribution is 2.38. The zero-order valence-corrected chi connectivity index (χ0v) is 11.3. The summed E-state index contributed by atoms with van der Waals surface area (Å²) in [5.41, 5.74) is 1.60. The van der Waals surface area contributed by atoms with Crippen LogP contribution in [0.1, 0.15) is 5.56 Å². The Bertz CT molecular complexity index is 400. The van der Waals surface area contributed by atoms with Gasteiger partial charge in [-0.3, -0.25) is 0 Å². The topological polar surface area (TPSA) is 12.4 Å². The Morgan fingerprint density at radius 1 is 1.46 bits per heavy atom. The molecule has 1 aromatic carbocycles. The number of nitrogens with zero attached hydrogens (tertiary/aromatic N) is 1. The zero-order chi connectivity index (χ0) is 10.0. The van der Waals surface area contributed by atoms with Crippen molar-refractivity contribution >= 4 is 66.5 Å². The van der Waals surface area contributed by atoms with Crippen LogP contribution in [-0.4, -0.2) is 5.16 Å². The number of isothiocyanates is 1. The number of rotatable bonds is 1. The van der Waals surface area contributed by atoms with Gasteiger partial charge in [0.2, 0.25) is 0 Å². The van der Waals surface area contributed by atoms with Gasteiger partial charge in [-0.1, -0.05) is 11.6 Å². The third-order valence-corrected chi connectivity index (χ3v) is 3.57. The number of hydrogen-bond donors (Lipinski definition) is 0. The number of thiocarbonyl (C=S) groups is 1. The van der Waals surface area contributed by atoms with Crippen molar-refractivity contribution in [2.45, 2.75) is 6.92 Å². The molecule has 0 unspecified atom stereocenters. The van der Waals surface area contributed by atoms with Gasteiger partial charge < -0.3 is 0 Å². The van der Waals surface area contributed by atoms with Crippen LogP contribution >= 0.6 is 55.7 Å². The second kappa shape index (κ2) is 4.67. The highest BCUT2D eigenvalue weighted by Gasteiger charge is 2.09. The van der Waals surface area contributed by atoms with Crippen LogP contribution in [0.2, 0.25) is 5.02 Å². The minimum absolute atomic E-state index is 0.646. The fourth-order valence-electron chi connectivity index (χ4n) is 0.888. The molecule has 0 spiro atoms. The lowest BCUT2D eigenvalue weighted by Crippen LogP contribution is -1.80. The maximum Gasteiger partial charge on any atom is 0.0926 e. The van der Waals surface area contributed by atoms with Gasteiger partial charge in [0, 0.05) is 8.95 Å². The summed E-state index contributed by atoms with van der Waals surface area (Å²) < 4.78 is 1.68. The minimum Gasteiger partial charge on any atom is -0.193 e. The van der Waals surface area contributed by atoms with Gasteiger partial charge in [-0.15, -0.1) is 0 Å². The van der Waals surface area contributed by atoms with E-state index in [1.807, 2.05) is 13.0 Å². The summed E-state index contributed by atoms with van der Waals surface area (Å²) in [5, 5.41) is 2.96. The zero-order valence-electron chi connectivity index (χ0n) is 6.57. The highest BCUT2D eigenvalue weighted by molar-refractivity contribution is 9.11. The van der Waals surface area contributed by atoms with E-state index in [4.69, 9.17) is 11.6 Å². The first-order valence-corrected chi connectivity index (χ1v) is 5.67. The fraction of sp³-hybridized carbons (Fsp3) is 0.125. The van der Waals surface area contributed by atoms with Crippen molar-refractivity contribution in [1.82, 2.24) is 0 Å². The molecule has 0 bridgehead atoms. The quantitative estimate of drug-likeness (QED) is 0.402. The Morgan fingerprint density at radius 2 is 2.08 bits per heavy atom. The van der Waals surface area contributed by atoms with Crippen LogP contribution in [0.4, 0.5) is 5.69 Å². The molecule has 0 atom stereocenters. The summed E-state index contributed by atoms with van der Waals surface area (Å²) in [5.74, 6) is 0. The number of hydrogen-bond acceptors (Lipinski definition) is 2. The van der Waals surface area contributed by atoms with Gasteiger partial charge in [-0.05, 0) is 62.6 Å². The molecule has 0 aromatic heterocycles. The lowest BCUT2D eigenvalue weighted by atomic mass is 10.2. The van der Waals surface area contributed by atoms with Crippen LogP contribution in [0, 0.1) is 6.92 Å². The van der Waals surface area contributed by atoms with E-state index in [1.54, 1.807) is 0 Å². The summed E-state index contributed by atoms with van der Waals surface area (Å²) >= 11 is 17.2. The summed E-state index contributed by atoms with van der Waals surface area (Å²) in [6.07, 6.45) is 0. The van der Waals surface area contributed by atoms with Gasteiger partial charge in [0.25, 0.3) is 0 Å². The lowest BCUT2D eigenvalue weighted by molar-refractivity contribution is 1.37. The van der Waals surface area contributed by atoms with Gasteiger partial charge in [-0.25, -0.2) is 0 Å². The summed E-state index contributed by atoms with van der Waals surface area (Å²) in [7, 11) is 0. The molecule has 1 nitrogen and oxygen atoms in total. The Kier molecular flexibility index (Phi) is 4.07. The SMILES string of the molecule is Cc1c(Cl)c(Br)cc(Br)c1N=C=S. The van der Waals surface area contributed by atoms with Gasteiger partial charge in [0.05, 0.1) is 15.9 Å². The van der Waals surface area contributed by atoms with Crippen molar-refractivity contribution in [3.8, 4) is 0 Å². The molecule has 0 saturated carbocycles. The molecule has 0 aliphatic carbocycles. The van der Waals surface area contributed by atoms with E-state index >= 15 is 0 Å². The molecular weight excluding hydrogens is 337 g/mol. The first-order chi connectivity index (χ1) is 6.07. The van der Waals surface area contributed by atoms with E-state index in [-0.39, 0.29) is 0 Å². The van der Waals surface area contributed by atoms with Crippen LogP contribution in [0.25, 0.3) is 0 Å². The fourth-order valence-corrected chi connectivity index (χ4v) is 2.57. The number of benzene rings is 1. The van der Waals surface area contributed by atoms with Gasteiger partial charge in [0.15, 0.2) is 0 Å². The van der Waals surface area contributed by atoms with Crippen LogP contribution in [0.15, 0.2) is 20.0 Å². The van der Waals surface area contributed by atoms with E-state index in [1.165, 1.54) is 0 Å². The average Bonchev–Trinajstić information content (AvgIpc) is 2.09. The van der Waals surface area contributed by atoms with Crippen molar-refractivity contribution in [1.29, 1.82) is 0 Å². The molecule has 1 rings (SSSR count). The highest BCUT2D eigenvalue weighted by atomic mass is 79.9. The Labute approximate surface area is 103 Å². The third kappa shape index (κ3) is 2.39. The smallest absolute Gasteiger partial charge is 0.0926 e. The van der Waals surface area contributed by atoms with Crippen molar-refractivity contribution in [2.75, 3.05) is 0 Å². The van der Waals surface area contributed by atoms with Gasteiger partial charge in [-0.2, -0.15) is 4.99 Å². The first-order valence-electron chi connectivity index (χ1n) is 3.30. The second-order valence-electron chi connectivity index (χ2n) is 2.33. The van der Waals surface area contributed by atoms with Crippen molar-refractivity contribution in [3.63, 3.8) is 0 Å². The monoisotopic (exact) mass is 339 g/mol. The predicted molar refractivity (Wildman–Crippen MR) is 66.3 cm³/mol. The molecule has 0 saturated heterocycles. The molecule has 0 fully saturated rings. The molecular formula is C8H4Br2ClNS. The van der Waals surface area contributed by atoms with E-state index < -0.39 is 0 Å². The van der Waals surface area contributed by atoms with E-state index in [0.717, 1.165) is 20.2 Å². The second-order valence-corrected chi connectivity index (χ2v) is 4.60.